The Bertz CT molecular complexity index is 1040. The molecule has 7 N–H and O–H groups in total. The number of hydrogen-bond donors (Lipinski definition) is 5. The molecule has 0 saturated carbocycles. The van der Waals surface area contributed by atoms with Gasteiger partial charge in [-0.05, 0) is 40.8 Å². The number of rotatable bonds is 12. The lowest BCUT2D eigenvalue weighted by molar-refractivity contribution is -0.139. The molecule has 2 heterocycles. The first-order valence-electron chi connectivity index (χ1n) is 10.6. The highest BCUT2D eigenvalue weighted by Gasteiger charge is 2.28. The molecule has 0 radical (unpaired) electrons. The van der Waals surface area contributed by atoms with E-state index in [-0.39, 0.29) is 42.3 Å². The molecule has 0 aliphatic rings. The average molecular weight is 538 g/mol. The molecule has 184 valence electrons. The van der Waals surface area contributed by atoms with Gasteiger partial charge in [-0.15, -0.1) is 0 Å². The van der Waals surface area contributed by atoms with Crippen molar-refractivity contribution < 1.29 is 23.9 Å². The zero-order chi connectivity index (χ0) is 25.3. The molecular weight excluding hydrogens is 510 g/mol. The Balaban J connectivity index is 2.11. The van der Waals surface area contributed by atoms with Gasteiger partial charge in [0.25, 0.3) is 11.8 Å². The molecule has 0 spiro atoms. The Hall–Kier alpha value is -3.48. The third-order valence-electron chi connectivity index (χ3n) is 5.04. The van der Waals surface area contributed by atoms with Crippen LogP contribution < -0.4 is 22.1 Å². The maximum atomic E-state index is 12.7. The van der Waals surface area contributed by atoms with Crippen molar-refractivity contribution in [2.45, 2.75) is 45.2 Å². The van der Waals surface area contributed by atoms with Crippen LogP contribution in [-0.4, -0.2) is 51.4 Å². The van der Waals surface area contributed by atoms with Gasteiger partial charge < -0.3 is 31.6 Å². The second-order valence-electron chi connectivity index (χ2n) is 7.61. The quantitative estimate of drug-likeness (QED) is 0.151. The van der Waals surface area contributed by atoms with Gasteiger partial charge in [-0.2, -0.15) is 0 Å². The Labute approximate surface area is 204 Å². The molecule has 13 heteroatoms. The summed E-state index contributed by atoms with van der Waals surface area (Å²) in [4.78, 5) is 48.8. The molecule has 0 aromatic carbocycles. The maximum absolute atomic E-state index is 12.7. The number of amides is 2. The lowest BCUT2D eigenvalue weighted by Gasteiger charge is -2.21. The smallest absolute Gasteiger partial charge is 0.326 e. The molecule has 0 aliphatic heterocycles. The van der Waals surface area contributed by atoms with E-state index >= 15 is 0 Å². The summed E-state index contributed by atoms with van der Waals surface area (Å²) in [7, 11) is 0. The second-order valence-corrected chi connectivity index (χ2v) is 8.53. The van der Waals surface area contributed by atoms with Gasteiger partial charge in [-0.25, -0.2) is 9.78 Å². The first-order valence-corrected chi connectivity index (χ1v) is 11.4. The third kappa shape index (κ3) is 7.83. The van der Waals surface area contributed by atoms with Crippen LogP contribution in [0, 0.1) is 5.92 Å². The number of nitrogens with zero attached hydrogens (tertiary/aromatic N) is 3. The number of carboxylic acids is 1. The summed E-state index contributed by atoms with van der Waals surface area (Å²) in [5.41, 5.74) is 10.7. The van der Waals surface area contributed by atoms with Gasteiger partial charge >= 0.3 is 5.97 Å². The summed E-state index contributed by atoms with van der Waals surface area (Å²) in [6, 6.07) is -0.146. The monoisotopic (exact) mass is 537 g/mol. The van der Waals surface area contributed by atoms with Crippen LogP contribution in [0.15, 0.2) is 38.6 Å². The van der Waals surface area contributed by atoms with Crippen LogP contribution in [0.3, 0.4) is 0 Å². The van der Waals surface area contributed by atoms with E-state index in [2.05, 4.69) is 41.5 Å². The van der Waals surface area contributed by atoms with Crippen LogP contribution in [0.4, 0.5) is 0 Å². The van der Waals surface area contributed by atoms with E-state index in [1.165, 1.54) is 6.20 Å². The maximum Gasteiger partial charge on any atom is 0.326 e. The molecular formula is C21H28BrN7O5. The van der Waals surface area contributed by atoms with Crippen LogP contribution in [0.25, 0.3) is 0 Å². The number of nitrogens with one attached hydrogen (secondary N) is 2. The molecule has 2 aromatic rings. The molecule has 0 aliphatic carbocycles. The van der Waals surface area contributed by atoms with E-state index < -0.39 is 24.0 Å². The summed E-state index contributed by atoms with van der Waals surface area (Å²) in [6.07, 6.45) is 5.29. The molecule has 0 bridgehead atoms. The van der Waals surface area contributed by atoms with Crippen LogP contribution in [0.5, 0.6) is 0 Å². The Kier molecular flexibility index (Phi) is 9.98. The molecule has 2 aromatic heterocycles. The van der Waals surface area contributed by atoms with Gasteiger partial charge in [0, 0.05) is 23.4 Å². The minimum atomic E-state index is -1.20. The van der Waals surface area contributed by atoms with Crippen molar-refractivity contribution in [3.63, 3.8) is 0 Å². The largest absolute Gasteiger partial charge is 0.480 e. The fourth-order valence-electron chi connectivity index (χ4n) is 2.97. The van der Waals surface area contributed by atoms with E-state index in [9.17, 15) is 19.5 Å². The third-order valence-corrected chi connectivity index (χ3v) is 5.47. The fraction of sp³-hybridized carbons (Fsp3) is 0.429. The molecule has 34 heavy (non-hydrogen) atoms. The summed E-state index contributed by atoms with van der Waals surface area (Å²) in [5.74, 6) is -2.32. The summed E-state index contributed by atoms with van der Waals surface area (Å²) in [5, 5.41) is 14.7. The van der Waals surface area contributed by atoms with E-state index in [1.807, 2.05) is 13.8 Å². The van der Waals surface area contributed by atoms with Gasteiger partial charge in [-0.1, -0.05) is 20.3 Å². The van der Waals surface area contributed by atoms with Crippen LogP contribution >= 0.6 is 15.9 Å². The topological polar surface area (TPSA) is 199 Å². The zero-order valence-corrected chi connectivity index (χ0v) is 20.4. The summed E-state index contributed by atoms with van der Waals surface area (Å²) in [6.45, 7) is 4.09. The van der Waals surface area contributed by atoms with E-state index in [0.29, 0.717) is 22.9 Å². The highest BCUT2D eigenvalue weighted by Crippen LogP contribution is 2.25. The van der Waals surface area contributed by atoms with Crippen molar-refractivity contribution in [1.29, 1.82) is 0 Å². The van der Waals surface area contributed by atoms with Gasteiger partial charge in [-0.3, -0.25) is 19.6 Å². The normalized spacial score (nSPS) is 13.4. The second kappa shape index (κ2) is 12.7. The number of oxazole rings is 1. The van der Waals surface area contributed by atoms with Crippen molar-refractivity contribution in [1.82, 2.24) is 20.6 Å². The standard InChI is InChI=1S/C21H28BrN7O5/c1-3-11(2)16(29-17(30)12-7-13(22)9-25-8-12)19-28-15(10-34-19)18(31)27-14(20(32)33)5-4-6-26-21(23)24/h7-11,14,16H,3-6H2,1-2H3,(H,27,31)(H,29,30)(H,32,33)(H4,23,24,26). The van der Waals surface area contributed by atoms with Crippen molar-refractivity contribution in [3.8, 4) is 0 Å². The highest BCUT2D eigenvalue weighted by atomic mass is 79.9. The Morgan fingerprint density at radius 1 is 1.24 bits per heavy atom. The first kappa shape index (κ1) is 26.8. The van der Waals surface area contributed by atoms with Gasteiger partial charge in [0.1, 0.15) is 18.3 Å². The SMILES string of the molecule is CCC(C)C(NC(=O)c1cncc(Br)c1)c1nc(C(=O)NC(CCCN=C(N)N)C(=O)O)co1. The Morgan fingerprint density at radius 2 is 1.97 bits per heavy atom. The first-order chi connectivity index (χ1) is 16.1. The van der Waals surface area contributed by atoms with Crippen LogP contribution in [-0.2, 0) is 4.79 Å². The van der Waals surface area contributed by atoms with Crippen LogP contribution in [0.2, 0.25) is 0 Å². The van der Waals surface area contributed by atoms with E-state index in [4.69, 9.17) is 15.9 Å². The van der Waals surface area contributed by atoms with E-state index in [0.717, 1.165) is 6.26 Å². The molecule has 3 atom stereocenters. The molecule has 0 saturated heterocycles. The van der Waals surface area contributed by atoms with Crippen molar-refractivity contribution in [2.24, 2.45) is 22.4 Å². The number of aromatic nitrogens is 2. The van der Waals surface area contributed by atoms with Gasteiger partial charge in [0.2, 0.25) is 5.89 Å². The summed E-state index contributed by atoms with van der Waals surface area (Å²) < 4.78 is 6.15. The van der Waals surface area contributed by atoms with E-state index in [1.54, 1.807) is 12.3 Å². The number of pyridine rings is 1. The highest BCUT2D eigenvalue weighted by molar-refractivity contribution is 9.10. The molecule has 12 nitrogen and oxygen atoms in total. The molecule has 0 fully saturated rings. The predicted octanol–water partition coefficient (Wildman–Crippen LogP) is 1.59. The number of halogens is 1. The molecule has 2 amide bonds. The minimum Gasteiger partial charge on any atom is -0.480 e. The van der Waals surface area contributed by atoms with Crippen LogP contribution in [0.1, 0.15) is 65.9 Å². The van der Waals surface area contributed by atoms with Crippen molar-refractivity contribution in [3.05, 3.63) is 46.3 Å². The lowest BCUT2D eigenvalue weighted by Crippen LogP contribution is -2.41. The predicted molar refractivity (Wildman–Crippen MR) is 127 cm³/mol. The number of guanidine groups is 1. The van der Waals surface area contributed by atoms with Gasteiger partial charge in [0.05, 0.1) is 5.56 Å². The summed E-state index contributed by atoms with van der Waals surface area (Å²) >= 11 is 3.28. The number of aliphatic imine (C=N–C) groups is 1. The molecule has 2 rings (SSSR count). The number of carbonyl (C=O) groups excluding carboxylic acids is 2. The van der Waals surface area contributed by atoms with Gasteiger partial charge in [0.15, 0.2) is 11.7 Å². The zero-order valence-electron chi connectivity index (χ0n) is 18.8. The van der Waals surface area contributed by atoms with Crippen molar-refractivity contribution >= 4 is 39.7 Å². The van der Waals surface area contributed by atoms with Crippen molar-refractivity contribution in [2.75, 3.05) is 6.54 Å². The minimum absolute atomic E-state index is 0.0686. The number of nitrogens with two attached hydrogens (primary N) is 2. The molecule has 3 unspecified atom stereocenters. The lowest BCUT2D eigenvalue weighted by atomic mass is 9.98. The number of carboxylic acid groups (broad SMARTS) is 1. The fourth-order valence-corrected chi connectivity index (χ4v) is 3.34. The average Bonchev–Trinajstić information content (AvgIpc) is 3.28. The number of hydrogen-bond acceptors (Lipinski definition) is 7. The Morgan fingerprint density at radius 3 is 2.59 bits per heavy atom. The number of carbonyl (C=O) groups is 3. The number of aliphatic carboxylic acids is 1.